The van der Waals surface area contributed by atoms with Gasteiger partial charge in [0.05, 0.1) is 12.6 Å². The van der Waals surface area contributed by atoms with Crippen LogP contribution in [-0.4, -0.2) is 20.6 Å². The fourth-order valence-electron chi connectivity index (χ4n) is 2.15. The standard InChI is InChI=1S/C17H13ClN4O4/c18-13-3-1-12(2-4-13)11-21-10-9-15(20-21)19-16(23)7-5-14-6-8-17(26-14)22(24)25/h1-10H,11H2,(H,19,20,23)/b7-5+. The van der Waals surface area contributed by atoms with E-state index in [1.54, 1.807) is 29.1 Å². The summed E-state index contributed by atoms with van der Waals surface area (Å²) >= 11 is 5.85. The molecule has 1 amide bonds. The molecule has 0 aliphatic rings. The largest absolute Gasteiger partial charge is 0.433 e. The number of rotatable bonds is 6. The number of halogens is 1. The number of amides is 1. The number of carbonyl (C=O) groups excluding carboxylic acids is 1. The second-order valence-corrected chi connectivity index (χ2v) is 5.72. The molecule has 2 heterocycles. The highest BCUT2D eigenvalue weighted by Crippen LogP contribution is 2.16. The van der Waals surface area contributed by atoms with Crippen molar-refractivity contribution >= 4 is 35.3 Å². The van der Waals surface area contributed by atoms with Crippen LogP contribution in [0.5, 0.6) is 0 Å². The van der Waals surface area contributed by atoms with Gasteiger partial charge in [-0.05, 0) is 29.8 Å². The third-order valence-electron chi connectivity index (χ3n) is 3.34. The second-order valence-electron chi connectivity index (χ2n) is 5.28. The van der Waals surface area contributed by atoms with E-state index in [-0.39, 0.29) is 11.6 Å². The molecule has 0 bridgehead atoms. The summed E-state index contributed by atoms with van der Waals surface area (Å²) < 4.78 is 6.61. The molecule has 26 heavy (non-hydrogen) atoms. The lowest BCUT2D eigenvalue weighted by Gasteiger charge is -2.02. The van der Waals surface area contributed by atoms with E-state index in [0.29, 0.717) is 17.4 Å². The fraction of sp³-hybridized carbons (Fsp3) is 0.0588. The van der Waals surface area contributed by atoms with Crippen LogP contribution in [0.15, 0.2) is 59.2 Å². The number of carbonyl (C=O) groups is 1. The number of nitro groups is 1. The highest BCUT2D eigenvalue weighted by Gasteiger charge is 2.10. The van der Waals surface area contributed by atoms with Gasteiger partial charge in [-0.1, -0.05) is 23.7 Å². The molecule has 2 aromatic heterocycles. The molecule has 0 unspecified atom stereocenters. The topological polar surface area (TPSA) is 103 Å². The lowest BCUT2D eigenvalue weighted by atomic mass is 10.2. The number of aromatic nitrogens is 2. The van der Waals surface area contributed by atoms with Crippen LogP contribution in [0.3, 0.4) is 0 Å². The van der Waals surface area contributed by atoms with Crippen molar-refractivity contribution in [3.05, 3.63) is 81.2 Å². The van der Waals surface area contributed by atoms with Crippen molar-refractivity contribution in [2.24, 2.45) is 0 Å². The van der Waals surface area contributed by atoms with E-state index < -0.39 is 10.8 Å². The summed E-state index contributed by atoms with van der Waals surface area (Å²) in [5, 5.41) is 18.1. The quantitative estimate of drug-likeness (QED) is 0.403. The summed E-state index contributed by atoms with van der Waals surface area (Å²) in [6.07, 6.45) is 4.29. The molecule has 132 valence electrons. The van der Waals surface area contributed by atoms with E-state index in [4.69, 9.17) is 16.0 Å². The van der Waals surface area contributed by atoms with E-state index in [1.807, 2.05) is 12.1 Å². The van der Waals surface area contributed by atoms with Gasteiger partial charge >= 0.3 is 5.88 Å². The molecule has 0 saturated heterocycles. The molecule has 0 spiro atoms. The summed E-state index contributed by atoms with van der Waals surface area (Å²) in [4.78, 5) is 21.8. The molecule has 3 rings (SSSR count). The van der Waals surface area contributed by atoms with E-state index in [1.165, 1.54) is 24.3 Å². The SMILES string of the molecule is O=C(/C=C/c1ccc([N+](=O)[O-])o1)Nc1ccn(Cc2ccc(Cl)cc2)n1. The Labute approximate surface area is 152 Å². The van der Waals surface area contributed by atoms with Crippen LogP contribution in [0.1, 0.15) is 11.3 Å². The van der Waals surface area contributed by atoms with E-state index in [2.05, 4.69) is 10.4 Å². The summed E-state index contributed by atoms with van der Waals surface area (Å²) in [5.41, 5.74) is 1.02. The highest BCUT2D eigenvalue weighted by atomic mass is 35.5. The lowest BCUT2D eigenvalue weighted by molar-refractivity contribution is -0.402. The predicted molar refractivity (Wildman–Crippen MR) is 95.8 cm³/mol. The van der Waals surface area contributed by atoms with E-state index in [0.717, 1.165) is 5.56 Å². The van der Waals surface area contributed by atoms with Crippen LogP contribution >= 0.6 is 11.6 Å². The number of hydrogen-bond donors (Lipinski definition) is 1. The molecule has 0 atom stereocenters. The summed E-state index contributed by atoms with van der Waals surface area (Å²) in [6.45, 7) is 0.541. The smallest absolute Gasteiger partial charge is 0.401 e. The zero-order valence-corrected chi connectivity index (χ0v) is 14.1. The van der Waals surface area contributed by atoms with Gasteiger partial charge in [0.2, 0.25) is 5.91 Å². The molecule has 0 saturated carbocycles. The molecule has 1 N–H and O–H groups in total. The van der Waals surface area contributed by atoms with E-state index >= 15 is 0 Å². The molecular formula is C17H13ClN4O4. The average Bonchev–Trinajstić information content (AvgIpc) is 3.25. The second kappa shape index (κ2) is 7.66. The first-order valence-electron chi connectivity index (χ1n) is 7.51. The van der Waals surface area contributed by atoms with Crippen LogP contribution in [0.25, 0.3) is 6.08 Å². The van der Waals surface area contributed by atoms with Gasteiger partial charge in [0.15, 0.2) is 5.82 Å². The minimum Gasteiger partial charge on any atom is -0.401 e. The third-order valence-corrected chi connectivity index (χ3v) is 3.59. The first-order valence-corrected chi connectivity index (χ1v) is 7.88. The van der Waals surface area contributed by atoms with Crippen molar-refractivity contribution in [1.29, 1.82) is 0 Å². The van der Waals surface area contributed by atoms with Gasteiger partial charge in [0.1, 0.15) is 10.7 Å². The molecule has 8 nitrogen and oxygen atoms in total. The number of hydrogen-bond acceptors (Lipinski definition) is 5. The number of nitrogens with zero attached hydrogens (tertiary/aromatic N) is 3. The third kappa shape index (κ3) is 4.58. The first-order chi connectivity index (χ1) is 12.5. The van der Waals surface area contributed by atoms with Crippen LogP contribution in [0.4, 0.5) is 11.7 Å². The van der Waals surface area contributed by atoms with E-state index in [9.17, 15) is 14.9 Å². The van der Waals surface area contributed by atoms with Crippen molar-refractivity contribution in [1.82, 2.24) is 9.78 Å². The molecule has 0 fully saturated rings. The van der Waals surface area contributed by atoms with Gasteiger partial charge in [-0.25, -0.2) is 0 Å². The van der Waals surface area contributed by atoms with Gasteiger partial charge in [0.25, 0.3) is 0 Å². The maximum absolute atomic E-state index is 11.9. The van der Waals surface area contributed by atoms with Gasteiger partial charge in [-0.15, -0.1) is 0 Å². The minimum absolute atomic E-state index is 0.208. The summed E-state index contributed by atoms with van der Waals surface area (Å²) in [6, 6.07) is 11.7. The molecule has 0 aliphatic carbocycles. The number of nitrogens with one attached hydrogen (secondary N) is 1. The summed E-state index contributed by atoms with van der Waals surface area (Å²) in [5.74, 6) is -0.217. The highest BCUT2D eigenvalue weighted by molar-refractivity contribution is 6.30. The maximum atomic E-state index is 11.9. The number of benzene rings is 1. The van der Waals surface area contributed by atoms with Crippen LogP contribution in [0, 0.1) is 10.1 Å². The van der Waals surface area contributed by atoms with Crippen LogP contribution < -0.4 is 5.32 Å². The Morgan fingerprint density at radius 3 is 2.73 bits per heavy atom. The minimum atomic E-state index is -0.648. The Morgan fingerprint density at radius 2 is 2.04 bits per heavy atom. The molecule has 0 radical (unpaired) electrons. The average molecular weight is 373 g/mol. The number of anilines is 1. The molecule has 3 aromatic rings. The van der Waals surface area contributed by atoms with Gasteiger partial charge in [-0.3, -0.25) is 19.6 Å². The van der Waals surface area contributed by atoms with Crippen molar-refractivity contribution in [3.63, 3.8) is 0 Å². The summed E-state index contributed by atoms with van der Waals surface area (Å²) in [7, 11) is 0. The Balaban J connectivity index is 1.57. The Hall–Kier alpha value is -3.39. The Kier molecular flexibility index (Phi) is 5.14. The van der Waals surface area contributed by atoms with Gasteiger partial charge in [-0.2, -0.15) is 5.10 Å². The van der Waals surface area contributed by atoms with Crippen LogP contribution in [0.2, 0.25) is 5.02 Å². The normalized spacial score (nSPS) is 11.0. The number of furan rings is 1. The molecule has 9 heteroatoms. The van der Waals surface area contributed by atoms with Crippen LogP contribution in [-0.2, 0) is 11.3 Å². The van der Waals surface area contributed by atoms with Gasteiger partial charge in [0, 0.05) is 23.4 Å². The fourth-order valence-corrected chi connectivity index (χ4v) is 2.27. The van der Waals surface area contributed by atoms with Crippen molar-refractivity contribution in [2.75, 3.05) is 5.32 Å². The lowest BCUT2D eigenvalue weighted by Crippen LogP contribution is -2.09. The van der Waals surface area contributed by atoms with Crippen molar-refractivity contribution < 1.29 is 14.1 Å². The maximum Gasteiger partial charge on any atom is 0.433 e. The Morgan fingerprint density at radius 1 is 1.27 bits per heavy atom. The molecule has 1 aromatic carbocycles. The first kappa shape index (κ1) is 17.4. The monoisotopic (exact) mass is 372 g/mol. The molecule has 0 aliphatic heterocycles. The Bertz CT molecular complexity index is 959. The van der Waals surface area contributed by atoms with Crippen molar-refractivity contribution in [2.45, 2.75) is 6.54 Å². The van der Waals surface area contributed by atoms with Crippen molar-refractivity contribution in [3.8, 4) is 0 Å². The molecular weight excluding hydrogens is 360 g/mol. The zero-order chi connectivity index (χ0) is 18.5. The predicted octanol–water partition coefficient (Wildman–Crippen LogP) is 3.74. The zero-order valence-electron chi connectivity index (χ0n) is 13.3. The van der Waals surface area contributed by atoms with Gasteiger partial charge < -0.3 is 9.73 Å².